The maximum Gasteiger partial charge on any atom is 0.490 e. The van der Waals surface area contributed by atoms with E-state index < -0.39 is 23.9 Å². The molecule has 0 atom stereocenters. The van der Waals surface area contributed by atoms with Gasteiger partial charge in [0, 0.05) is 12.2 Å². The van der Waals surface area contributed by atoms with E-state index in [4.69, 9.17) is 9.90 Å². The molecule has 0 radical (unpaired) electrons. The van der Waals surface area contributed by atoms with Gasteiger partial charge < -0.3 is 10.0 Å². The number of amides is 1. The van der Waals surface area contributed by atoms with E-state index in [0.29, 0.717) is 13.0 Å². The fourth-order valence-electron chi connectivity index (χ4n) is 1.69. The number of nitrogens with zero attached hydrogens (tertiary/aromatic N) is 1. The summed E-state index contributed by atoms with van der Waals surface area (Å²) in [5.74, 6) is -3.04. The van der Waals surface area contributed by atoms with Gasteiger partial charge in [-0.3, -0.25) is 4.79 Å². The van der Waals surface area contributed by atoms with Crippen LogP contribution >= 0.6 is 0 Å². The third-order valence-electron chi connectivity index (χ3n) is 2.77. The molecule has 0 aliphatic carbocycles. The summed E-state index contributed by atoms with van der Waals surface area (Å²) in [6.07, 6.45) is -5.72. The molecule has 1 heterocycles. The Morgan fingerprint density at radius 1 is 1.12 bits per heavy atom. The molecule has 0 spiro atoms. The smallest absolute Gasteiger partial charge is 0.475 e. The maximum atomic E-state index is 12.5. The van der Waals surface area contributed by atoms with Crippen LogP contribution in [0.5, 0.6) is 0 Å². The number of carbonyl (C=O) groups is 2. The van der Waals surface area contributed by atoms with E-state index in [0.717, 1.165) is 12.1 Å². The Morgan fingerprint density at radius 2 is 1.71 bits per heavy atom. The van der Waals surface area contributed by atoms with Crippen LogP contribution in [-0.4, -0.2) is 29.7 Å². The molecule has 0 aromatic heterocycles. The van der Waals surface area contributed by atoms with Crippen molar-refractivity contribution in [2.24, 2.45) is 0 Å². The van der Waals surface area contributed by atoms with Crippen LogP contribution in [0.3, 0.4) is 0 Å². The second kappa shape index (κ2) is 7.37. The second-order valence-electron chi connectivity index (χ2n) is 4.53. The van der Waals surface area contributed by atoms with Gasteiger partial charge in [0.1, 0.15) is 0 Å². The Labute approximate surface area is 132 Å². The summed E-state index contributed by atoms with van der Waals surface area (Å²) >= 11 is 0. The summed E-state index contributed by atoms with van der Waals surface area (Å²) in [5.41, 5.74) is -0.452. The van der Waals surface area contributed by atoms with E-state index in [1.54, 1.807) is 6.08 Å². The average molecular weight is 355 g/mol. The SMILES string of the molecule is O=C(O)C(F)(F)F.O=C1C=CCCN1c1cccc(C(F)(F)F)c1. The molecule has 2 rings (SSSR count). The molecule has 0 unspecified atom stereocenters. The first-order chi connectivity index (χ1) is 10.9. The van der Waals surface area contributed by atoms with Crippen molar-refractivity contribution in [3.05, 3.63) is 42.0 Å². The second-order valence-corrected chi connectivity index (χ2v) is 4.53. The highest BCUT2D eigenvalue weighted by Crippen LogP contribution is 2.32. The number of carboxylic acids is 1. The van der Waals surface area contributed by atoms with E-state index in [1.807, 2.05) is 0 Å². The van der Waals surface area contributed by atoms with Crippen LogP contribution < -0.4 is 4.90 Å². The molecule has 24 heavy (non-hydrogen) atoms. The van der Waals surface area contributed by atoms with Gasteiger partial charge >= 0.3 is 18.3 Å². The van der Waals surface area contributed by atoms with E-state index in [-0.39, 0.29) is 11.6 Å². The van der Waals surface area contributed by atoms with Crippen LogP contribution in [0, 0.1) is 0 Å². The lowest BCUT2D eigenvalue weighted by atomic mass is 10.1. The maximum absolute atomic E-state index is 12.5. The summed E-state index contributed by atoms with van der Waals surface area (Å²) in [4.78, 5) is 21.8. The van der Waals surface area contributed by atoms with Gasteiger partial charge in [-0.25, -0.2) is 4.79 Å². The molecular formula is C14H11F6NO3. The lowest BCUT2D eigenvalue weighted by Crippen LogP contribution is -2.32. The van der Waals surface area contributed by atoms with Gasteiger partial charge in [-0.2, -0.15) is 26.3 Å². The van der Waals surface area contributed by atoms with Crippen LogP contribution in [0.1, 0.15) is 12.0 Å². The van der Waals surface area contributed by atoms with Crippen LogP contribution in [0.25, 0.3) is 0 Å². The van der Waals surface area contributed by atoms with Gasteiger partial charge in [0.25, 0.3) is 5.91 Å². The highest BCUT2D eigenvalue weighted by atomic mass is 19.4. The molecule has 10 heteroatoms. The van der Waals surface area contributed by atoms with Gasteiger partial charge in [0.15, 0.2) is 0 Å². The summed E-state index contributed by atoms with van der Waals surface area (Å²) in [7, 11) is 0. The minimum atomic E-state index is -5.08. The van der Waals surface area contributed by atoms with Crippen molar-refractivity contribution in [2.45, 2.75) is 18.8 Å². The monoisotopic (exact) mass is 355 g/mol. The fourth-order valence-corrected chi connectivity index (χ4v) is 1.69. The summed E-state index contributed by atoms with van der Waals surface area (Å²) in [6, 6.07) is 4.81. The minimum Gasteiger partial charge on any atom is -0.475 e. The molecule has 1 aliphatic rings. The Morgan fingerprint density at radius 3 is 2.17 bits per heavy atom. The molecule has 4 nitrogen and oxygen atoms in total. The highest BCUT2D eigenvalue weighted by Gasteiger charge is 2.38. The molecule has 0 bridgehead atoms. The van der Waals surface area contributed by atoms with Crippen molar-refractivity contribution >= 4 is 17.6 Å². The van der Waals surface area contributed by atoms with Crippen molar-refractivity contribution in [2.75, 3.05) is 11.4 Å². The first kappa shape index (κ1) is 19.5. The Bertz CT molecular complexity index is 636. The molecular weight excluding hydrogens is 344 g/mol. The first-order valence-corrected chi connectivity index (χ1v) is 6.38. The molecule has 1 aromatic rings. The predicted molar refractivity (Wildman–Crippen MR) is 71.2 cm³/mol. The fraction of sp³-hybridized carbons (Fsp3) is 0.286. The number of rotatable bonds is 1. The topological polar surface area (TPSA) is 57.6 Å². The quantitative estimate of drug-likeness (QED) is 0.783. The van der Waals surface area contributed by atoms with Gasteiger partial charge in [0.05, 0.1) is 5.56 Å². The zero-order chi connectivity index (χ0) is 18.5. The number of hydrogen-bond donors (Lipinski definition) is 1. The van der Waals surface area contributed by atoms with Crippen LogP contribution in [0.2, 0.25) is 0 Å². The Balaban J connectivity index is 0.000000351. The molecule has 1 amide bonds. The van der Waals surface area contributed by atoms with Crippen LogP contribution in [0.15, 0.2) is 36.4 Å². The lowest BCUT2D eigenvalue weighted by Gasteiger charge is -2.24. The van der Waals surface area contributed by atoms with Crippen LogP contribution in [0.4, 0.5) is 32.0 Å². The number of hydrogen-bond acceptors (Lipinski definition) is 2. The molecule has 0 fully saturated rings. The number of carbonyl (C=O) groups excluding carboxylic acids is 1. The number of benzene rings is 1. The molecule has 1 aromatic carbocycles. The highest BCUT2D eigenvalue weighted by molar-refractivity contribution is 6.02. The summed E-state index contributed by atoms with van der Waals surface area (Å²) in [5, 5.41) is 7.12. The molecule has 1 N–H and O–H groups in total. The molecule has 1 aliphatic heterocycles. The van der Waals surface area contributed by atoms with Gasteiger partial charge in [-0.1, -0.05) is 12.1 Å². The lowest BCUT2D eigenvalue weighted by molar-refractivity contribution is -0.192. The number of aliphatic carboxylic acids is 1. The van der Waals surface area contributed by atoms with E-state index in [1.165, 1.54) is 23.1 Å². The van der Waals surface area contributed by atoms with E-state index in [9.17, 15) is 31.1 Å². The van der Waals surface area contributed by atoms with Crippen molar-refractivity contribution in [1.29, 1.82) is 0 Å². The zero-order valence-electron chi connectivity index (χ0n) is 11.9. The number of alkyl halides is 6. The molecule has 0 saturated carbocycles. The standard InChI is InChI=1S/C12H10F3NO.C2HF3O2/c13-12(14,15)9-4-3-5-10(8-9)16-7-2-1-6-11(16)17;3-2(4,5)1(6)7/h1,3-6,8H,2,7H2;(H,6,7). The summed E-state index contributed by atoms with van der Waals surface area (Å²) in [6.45, 7) is 0.413. The van der Waals surface area contributed by atoms with Crippen molar-refractivity contribution in [1.82, 2.24) is 0 Å². The van der Waals surface area contributed by atoms with Crippen molar-refractivity contribution in [3.8, 4) is 0 Å². The first-order valence-electron chi connectivity index (χ1n) is 6.38. The number of carboxylic acid groups (broad SMARTS) is 1. The van der Waals surface area contributed by atoms with Crippen molar-refractivity contribution in [3.63, 3.8) is 0 Å². The minimum absolute atomic E-state index is 0.282. The van der Waals surface area contributed by atoms with Gasteiger partial charge in [0.2, 0.25) is 0 Å². The van der Waals surface area contributed by atoms with Gasteiger partial charge in [-0.15, -0.1) is 0 Å². The third-order valence-corrected chi connectivity index (χ3v) is 2.77. The number of halogens is 6. The summed E-state index contributed by atoms with van der Waals surface area (Å²) < 4.78 is 69.3. The normalized spacial score (nSPS) is 14.9. The van der Waals surface area contributed by atoms with E-state index in [2.05, 4.69) is 0 Å². The molecule has 0 saturated heterocycles. The van der Waals surface area contributed by atoms with Gasteiger partial charge in [-0.05, 0) is 30.7 Å². The Hall–Kier alpha value is -2.52. The third kappa shape index (κ3) is 5.60. The molecule has 132 valence electrons. The average Bonchev–Trinajstić information content (AvgIpc) is 2.46. The van der Waals surface area contributed by atoms with Crippen LogP contribution in [-0.2, 0) is 15.8 Å². The predicted octanol–water partition coefficient (Wildman–Crippen LogP) is 3.63. The largest absolute Gasteiger partial charge is 0.490 e. The number of anilines is 1. The Kier molecular flexibility index (Phi) is 5.99. The van der Waals surface area contributed by atoms with Crippen molar-refractivity contribution < 1.29 is 41.0 Å². The zero-order valence-corrected chi connectivity index (χ0v) is 11.9. The van der Waals surface area contributed by atoms with E-state index >= 15 is 0 Å².